The first-order chi connectivity index (χ1) is 9.11. The minimum atomic E-state index is 0.0537. The summed E-state index contributed by atoms with van der Waals surface area (Å²) in [6, 6.07) is 12.1. The number of aryl methyl sites for hydroxylation is 2. The molecule has 0 aliphatic carbocycles. The van der Waals surface area contributed by atoms with Crippen molar-refractivity contribution in [3.8, 4) is 16.9 Å². The first kappa shape index (κ1) is 13.4. The number of benzene rings is 2. The van der Waals surface area contributed by atoms with Gasteiger partial charge in [-0.3, -0.25) is 0 Å². The van der Waals surface area contributed by atoms with Crippen LogP contribution in [0.2, 0.25) is 0 Å². The monoisotopic (exact) mass is 254 g/mol. The lowest BCUT2D eigenvalue weighted by atomic mass is 9.99. The molecule has 2 nitrogen and oxygen atoms in total. The maximum atomic E-state index is 9.79. The molecule has 2 N–H and O–H groups in total. The first-order valence-corrected chi connectivity index (χ1v) is 6.30. The molecule has 0 aromatic heterocycles. The van der Waals surface area contributed by atoms with E-state index in [0.717, 1.165) is 27.8 Å². The van der Waals surface area contributed by atoms with Gasteiger partial charge in [0.2, 0.25) is 0 Å². The van der Waals surface area contributed by atoms with Crippen LogP contribution in [0.5, 0.6) is 5.75 Å². The summed E-state index contributed by atoms with van der Waals surface area (Å²) >= 11 is 0. The normalized spacial score (nSPS) is 11.1. The summed E-state index contributed by atoms with van der Waals surface area (Å²) in [6.07, 6.45) is 3.60. The summed E-state index contributed by atoms with van der Waals surface area (Å²) in [5.74, 6) is 0.367. The Hall–Kier alpha value is -2.06. The van der Waals surface area contributed by atoms with Crippen molar-refractivity contribution < 1.29 is 10.2 Å². The number of phenolic OH excluding ortho intramolecular Hbond substituents is 1. The highest BCUT2D eigenvalue weighted by atomic mass is 16.3. The molecule has 0 radical (unpaired) electrons. The molecule has 98 valence electrons. The highest BCUT2D eigenvalue weighted by molar-refractivity contribution is 5.68. The van der Waals surface area contributed by atoms with Crippen LogP contribution >= 0.6 is 0 Å². The SMILES string of the molecule is Cc1cc(-c2ccc(/C=C/CO)cc2)cc(C)c1O. The Morgan fingerprint density at radius 3 is 2.05 bits per heavy atom. The molecular formula is C17H18O2. The van der Waals surface area contributed by atoms with Crippen LogP contribution in [0.25, 0.3) is 17.2 Å². The second-order valence-corrected chi connectivity index (χ2v) is 4.67. The van der Waals surface area contributed by atoms with Crippen molar-refractivity contribution in [2.24, 2.45) is 0 Å². The van der Waals surface area contributed by atoms with Crippen LogP contribution in [0.4, 0.5) is 0 Å². The lowest BCUT2D eigenvalue weighted by molar-refractivity contribution is 0.343. The molecular weight excluding hydrogens is 236 g/mol. The van der Waals surface area contributed by atoms with Crippen molar-refractivity contribution in [1.82, 2.24) is 0 Å². The van der Waals surface area contributed by atoms with Gasteiger partial charge in [0.15, 0.2) is 0 Å². The molecule has 2 heteroatoms. The van der Waals surface area contributed by atoms with Gasteiger partial charge >= 0.3 is 0 Å². The van der Waals surface area contributed by atoms with Gasteiger partial charge in [0.05, 0.1) is 6.61 Å². The van der Waals surface area contributed by atoms with Crippen LogP contribution in [-0.2, 0) is 0 Å². The molecule has 19 heavy (non-hydrogen) atoms. The van der Waals surface area contributed by atoms with E-state index in [4.69, 9.17) is 5.11 Å². The van der Waals surface area contributed by atoms with Gasteiger partial charge in [0.1, 0.15) is 5.75 Å². The Labute approximate surface area is 113 Å². The molecule has 0 saturated carbocycles. The third-order valence-corrected chi connectivity index (χ3v) is 3.15. The quantitative estimate of drug-likeness (QED) is 0.877. The Kier molecular flexibility index (Phi) is 4.03. The average Bonchev–Trinajstić information content (AvgIpc) is 2.42. The van der Waals surface area contributed by atoms with Gasteiger partial charge in [0, 0.05) is 0 Å². The van der Waals surface area contributed by atoms with Crippen molar-refractivity contribution in [3.05, 3.63) is 59.2 Å². The third kappa shape index (κ3) is 3.04. The van der Waals surface area contributed by atoms with E-state index in [-0.39, 0.29) is 6.61 Å². The molecule has 0 aliphatic heterocycles. The average molecular weight is 254 g/mol. The van der Waals surface area contributed by atoms with Gasteiger partial charge in [-0.05, 0) is 53.8 Å². The van der Waals surface area contributed by atoms with E-state index in [9.17, 15) is 5.11 Å². The fourth-order valence-corrected chi connectivity index (χ4v) is 2.10. The fourth-order valence-electron chi connectivity index (χ4n) is 2.10. The minimum Gasteiger partial charge on any atom is -0.507 e. The van der Waals surface area contributed by atoms with E-state index in [2.05, 4.69) is 0 Å². The molecule has 0 unspecified atom stereocenters. The molecule has 0 spiro atoms. The molecule has 0 bridgehead atoms. The number of aliphatic hydroxyl groups excluding tert-OH is 1. The zero-order chi connectivity index (χ0) is 13.8. The maximum absolute atomic E-state index is 9.79. The summed E-state index contributed by atoms with van der Waals surface area (Å²) in [6.45, 7) is 3.87. The molecule has 2 rings (SSSR count). The lowest BCUT2D eigenvalue weighted by Gasteiger charge is -2.08. The number of aromatic hydroxyl groups is 1. The van der Waals surface area contributed by atoms with Crippen LogP contribution in [0.15, 0.2) is 42.5 Å². The molecule has 0 heterocycles. The molecule has 0 fully saturated rings. The number of aliphatic hydroxyl groups is 1. The number of hydrogen-bond acceptors (Lipinski definition) is 2. The summed E-state index contributed by atoms with van der Waals surface area (Å²) in [5, 5.41) is 18.5. The van der Waals surface area contributed by atoms with Gasteiger partial charge in [-0.1, -0.05) is 36.4 Å². The summed E-state index contributed by atoms with van der Waals surface area (Å²) < 4.78 is 0. The van der Waals surface area contributed by atoms with Crippen molar-refractivity contribution in [2.75, 3.05) is 6.61 Å². The van der Waals surface area contributed by atoms with E-state index >= 15 is 0 Å². The Morgan fingerprint density at radius 2 is 1.53 bits per heavy atom. The van der Waals surface area contributed by atoms with Gasteiger partial charge < -0.3 is 10.2 Å². The van der Waals surface area contributed by atoms with Crippen molar-refractivity contribution in [2.45, 2.75) is 13.8 Å². The predicted octanol–water partition coefficient (Wildman–Crippen LogP) is 3.68. The molecule has 2 aromatic carbocycles. The third-order valence-electron chi connectivity index (χ3n) is 3.15. The zero-order valence-electron chi connectivity index (χ0n) is 11.2. The first-order valence-electron chi connectivity index (χ1n) is 6.30. The van der Waals surface area contributed by atoms with E-state index in [1.807, 2.05) is 56.3 Å². The summed E-state index contributed by atoms with van der Waals surface area (Å²) in [7, 11) is 0. The molecule has 0 atom stereocenters. The Balaban J connectivity index is 2.35. The molecule has 0 amide bonds. The second kappa shape index (κ2) is 5.72. The predicted molar refractivity (Wildman–Crippen MR) is 79.1 cm³/mol. The van der Waals surface area contributed by atoms with Crippen LogP contribution in [-0.4, -0.2) is 16.8 Å². The maximum Gasteiger partial charge on any atom is 0.121 e. The van der Waals surface area contributed by atoms with E-state index < -0.39 is 0 Å². The molecule has 2 aromatic rings. The Morgan fingerprint density at radius 1 is 0.947 bits per heavy atom. The van der Waals surface area contributed by atoms with Crippen LogP contribution in [0.3, 0.4) is 0 Å². The van der Waals surface area contributed by atoms with Crippen LogP contribution < -0.4 is 0 Å². The second-order valence-electron chi connectivity index (χ2n) is 4.67. The van der Waals surface area contributed by atoms with Gasteiger partial charge in [-0.15, -0.1) is 0 Å². The molecule has 0 saturated heterocycles. The topological polar surface area (TPSA) is 40.5 Å². The smallest absolute Gasteiger partial charge is 0.121 e. The lowest BCUT2D eigenvalue weighted by Crippen LogP contribution is -1.85. The highest BCUT2D eigenvalue weighted by Crippen LogP contribution is 2.29. The number of phenols is 1. The van der Waals surface area contributed by atoms with E-state index in [1.54, 1.807) is 6.08 Å². The standard InChI is InChI=1S/C17H18O2/c1-12-10-16(11-13(2)17(12)19)15-7-5-14(6-8-15)4-3-9-18/h3-8,10-11,18-19H,9H2,1-2H3/b4-3+. The van der Waals surface area contributed by atoms with Crippen LogP contribution in [0.1, 0.15) is 16.7 Å². The molecule has 0 aliphatic rings. The van der Waals surface area contributed by atoms with Gasteiger partial charge in [-0.25, -0.2) is 0 Å². The minimum absolute atomic E-state index is 0.0537. The van der Waals surface area contributed by atoms with Gasteiger partial charge in [-0.2, -0.15) is 0 Å². The number of hydrogen-bond donors (Lipinski definition) is 2. The highest BCUT2D eigenvalue weighted by Gasteiger charge is 2.05. The summed E-state index contributed by atoms with van der Waals surface area (Å²) in [4.78, 5) is 0. The van der Waals surface area contributed by atoms with Crippen molar-refractivity contribution in [1.29, 1.82) is 0 Å². The van der Waals surface area contributed by atoms with Crippen LogP contribution in [0, 0.1) is 13.8 Å². The van der Waals surface area contributed by atoms with Crippen molar-refractivity contribution >= 4 is 6.08 Å². The summed E-state index contributed by atoms with van der Waals surface area (Å²) in [5.41, 5.74) is 5.06. The number of rotatable bonds is 3. The van der Waals surface area contributed by atoms with Gasteiger partial charge in [0.25, 0.3) is 0 Å². The largest absolute Gasteiger partial charge is 0.507 e. The van der Waals surface area contributed by atoms with E-state index in [1.165, 1.54) is 0 Å². The Bertz CT molecular complexity index is 572. The van der Waals surface area contributed by atoms with E-state index in [0.29, 0.717) is 5.75 Å². The fraction of sp³-hybridized carbons (Fsp3) is 0.176. The van der Waals surface area contributed by atoms with Crippen molar-refractivity contribution in [3.63, 3.8) is 0 Å². The zero-order valence-corrected chi connectivity index (χ0v) is 11.2.